The van der Waals surface area contributed by atoms with Gasteiger partial charge in [0, 0.05) is 45.4 Å². The molecule has 252 valence electrons. The molecule has 4 rings (SSSR count). The molecule has 4 heterocycles. The average Bonchev–Trinajstić information content (AvgIpc) is 3.02. The third-order valence-electron chi connectivity index (χ3n) is 8.05. The molecule has 0 saturated heterocycles. The lowest BCUT2D eigenvalue weighted by molar-refractivity contribution is -0.120. The second-order valence-corrected chi connectivity index (χ2v) is 12.8. The van der Waals surface area contributed by atoms with E-state index in [1.54, 1.807) is 18.5 Å². The Bertz CT molecular complexity index is 1680. The smallest absolute Gasteiger partial charge is 0.225 e. The third kappa shape index (κ3) is 10.1. The van der Waals surface area contributed by atoms with E-state index in [1.807, 2.05) is 25.1 Å². The van der Waals surface area contributed by atoms with Crippen LogP contribution in [0.1, 0.15) is 80.1 Å². The summed E-state index contributed by atoms with van der Waals surface area (Å²) in [6, 6.07) is 7.44. The minimum absolute atomic E-state index is 0.0324. The topological polar surface area (TPSA) is 198 Å². The van der Waals surface area contributed by atoms with Gasteiger partial charge in [-0.15, -0.1) is 0 Å². The van der Waals surface area contributed by atoms with E-state index in [4.69, 9.17) is 15.7 Å². The molecule has 14 heteroatoms. The highest BCUT2D eigenvalue weighted by atomic mass is 16.2. The van der Waals surface area contributed by atoms with Gasteiger partial charge >= 0.3 is 0 Å². The second-order valence-electron chi connectivity index (χ2n) is 12.8. The number of nitrogens with zero attached hydrogens (tertiary/aromatic N) is 6. The highest BCUT2D eigenvalue weighted by molar-refractivity contribution is 5.87. The first-order valence-electron chi connectivity index (χ1n) is 16.2. The number of nitrogens with two attached hydrogens (primary N) is 1. The summed E-state index contributed by atoms with van der Waals surface area (Å²) in [6.45, 7) is 12.2. The van der Waals surface area contributed by atoms with Crippen molar-refractivity contribution in [3.8, 4) is 0 Å². The highest BCUT2D eigenvalue weighted by Crippen LogP contribution is 2.28. The summed E-state index contributed by atoms with van der Waals surface area (Å²) < 4.78 is 0. The fourth-order valence-electron chi connectivity index (χ4n) is 5.45. The van der Waals surface area contributed by atoms with E-state index in [9.17, 15) is 9.59 Å². The standard InChI is InChI=1S/C33H48N12O2/c1-7-8-15-32(5,19-37-22(3)46)45-29-27-25(14-11-18-36-27)41-31(43-29)39-21(2)12-9-16-33(6,20-38-23(4)47)44-28-26-24(13-10-17-35-26)40-30(34)42-28/h10-11,13-14,17-18,21H,7-9,12,15-16,19-20H2,1-6H3,(H,37,46)(H,38,47)(H3,34,40,42,44)(H2,39,41,43,45)/t21?,32-,33-/m1/s1. The average molecular weight is 645 g/mol. The molecule has 0 saturated carbocycles. The number of rotatable bonds is 17. The van der Waals surface area contributed by atoms with E-state index in [-0.39, 0.29) is 23.8 Å². The number of anilines is 4. The Morgan fingerprint density at radius 2 is 1.34 bits per heavy atom. The molecule has 2 amide bonds. The number of aromatic nitrogens is 6. The van der Waals surface area contributed by atoms with Crippen LogP contribution in [0.2, 0.25) is 0 Å². The monoisotopic (exact) mass is 644 g/mol. The van der Waals surface area contributed by atoms with Crippen LogP contribution in [0.5, 0.6) is 0 Å². The van der Waals surface area contributed by atoms with Gasteiger partial charge in [0.2, 0.25) is 23.7 Å². The fraction of sp³-hybridized carbons (Fsp3) is 0.515. The Kier molecular flexibility index (Phi) is 11.6. The first-order valence-corrected chi connectivity index (χ1v) is 16.2. The van der Waals surface area contributed by atoms with Crippen molar-refractivity contribution in [2.24, 2.45) is 0 Å². The molecular weight excluding hydrogens is 596 g/mol. The zero-order valence-corrected chi connectivity index (χ0v) is 28.3. The van der Waals surface area contributed by atoms with Crippen LogP contribution in [0.15, 0.2) is 36.7 Å². The Morgan fingerprint density at radius 3 is 1.89 bits per heavy atom. The van der Waals surface area contributed by atoms with Gasteiger partial charge in [-0.2, -0.15) is 9.97 Å². The van der Waals surface area contributed by atoms with Gasteiger partial charge in [0.25, 0.3) is 0 Å². The van der Waals surface area contributed by atoms with Crippen molar-refractivity contribution in [1.29, 1.82) is 0 Å². The molecule has 1 unspecified atom stereocenters. The zero-order valence-electron chi connectivity index (χ0n) is 28.3. The van der Waals surface area contributed by atoms with E-state index in [0.29, 0.717) is 59.2 Å². The van der Waals surface area contributed by atoms with Crippen molar-refractivity contribution in [1.82, 2.24) is 40.5 Å². The summed E-state index contributed by atoms with van der Waals surface area (Å²) in [7, 11) is 0. The fourth-order valence-corrected chi connectivity index (χ4v) is 5.45. The van der Waals surface area contributed by atoms with Crippen LogP contribution in [0.25, 0.3) is 22.1 Å². The predicted molar refractivity (Wildman–Crippen MR) is 187 cm³/mol. The number of nitrogens with one attached hydrogen (secondary N) is 5. The number of pyridine rings is 2. The molecule has 0 aliphatic heterocycles. The lowest BCUT2D eigenvalue weighted by atomic mass is 9.93. The van der Waals surface area contributed by atoms with Crippen molar-refractivity contribution >= 4 is 57.4 Å². The molecule has 4 aromatic rings. The van der Waals surface area contributed by atoms with Crippen LogP contribution in [-0.2, 0) is 9.59 Å². The summed E-state index contributed by atoms with van der Waals surface area (Å²) in [5.41, 5.74) is 7.67. The van der Waals surface area contributed by atoms with Gasteiger partial charge in [0.1, 0.15) is 11.0 Å². The predicted octanol–water partition coefficient (Wildman–Crippen LogP) is 4.42. The van der Waals surface area contributed by atoms with Crippen LogP contribution in [-0.4, -0.2) is 71.9 Å². The molecule has 4 aromatic heterocycles. The summed E-state index contributed by atoms with van der Waals surface area (Å²) in [4.78, 5) is 51.0. The molecule has 0 aliphatic rings. The van der Waals surface area contributed by atoms with Crippen molar-refractivity contribution in [2.75, 3.05) is 34.8 Å². The van der Waals surface area contributed by atoms with Crippen LogP contribution < -0.4 is 32.3 Å². The van der Waals surface area contributed by atoms with Crippen LogP contribution in [0, 0.1) is 0 Å². The summed E-state index contributed by atoms with van der Waals surface area (Å²) >= 11 is 0. The molecule has 0 radical (unpaired) electrons. The molecule has 0 aliphatic carbocycles. The molecule has 0 spiro atoms. The van der Waals surface area contributed by atoms with Crippen LogP contribution in [0.4, 0.5) is 23.5 Å². The van der Waals surface area contributed by atoms with E-state index in [0.717, 1.165) is 32.1 Å². The number of carbonyl (C=O) groups is 2. The molecule has 3 atom stereocenters. The summed E-state index contributed by atoms with van der Waals surface area (Å²) in [6.07, 6.45) is 8.62. The molecule has 0 fully saturated rings. The lowest BCUT2D eigenvalue weighted by Crippen LogP contribution is -2.46. The minimum Gasteiger partial charge on any atom is -0.368 e. The lowest BCUT2D eigenvalue weighted by Gasteiger charge is -2.32. The summed E-state index contributed by atoms with van der Waals surface area (Å²) in [5, 5.41) is 16.5. The van der Waals surface area contributed by atoms with Gasteiger partial charge in [-0.05, 0) is 70.7 Å². The maximum absolute atomic E-state index is 11.9. The normalized spacial score (nSPS) is 14.5. The molecule has 0 aromatic carbocycles. The Balaban J connectivity index is 1.48. The first kappa shape index (κ1) is 35.0. The molecule has 47 heavy (non-hydrogen) atoms. The number of amides is 2. The van der Waals surface area contributed by atoms with E-state index >= 15 is 0 Å². The van der Waals surface area contributed by atoms with Crippen LogP contribution in [0.3, 0.4) is 0 Å². The third-order valence-corrected chi connectivity index (χ3v) is 8.05. The van der Waals surface area contributed by atoms with Gasteiger partial charge in [0.05, 0.1) is 22.1 Å². The molecule has 14 nitrogen and oxygen atoms in total. The number of hydrogen-bond acceptors (Lipinski definition) is 12. The molecule has 7 N–H and O–H groups in total. The number of nitrogen functional groups attached to an aromatic ring is 1. The van der Waals surface area contributed by atoms with Crippen molar-refractivity contribution in [3.63, 3.8) is 0 Å². The number of fused-ring (bicyclic) bond motifs is 2. The minimum atomic E-state index is -0.546. The Labute approximate surface area is 276 Å². The zero-order chi connectivity index (χ0) is 34.0. The van der Waals surface area contributed by atoms with Gasteiger partial charge < -0.3 is 32.3 Å². The van der Waals surface area contributed by atoms with Crippen molar-refractivity contribution in [3.05, 3.63) is 36.7 Å². The number of unbranched alkanes of at least 4 members (excludes halogenated alkanes) is 1. The van der Waals surface area contributed by atoms with E-state index in [1.165, 1.54) is 13.8 Å². The quantitative estimate of drug-likeness (QED) is 0.0948. The Morgan fingerprint density at radius 1 is 0.809 bits per heavy atom. The molecule has 0 bridgehead atoms. The second kappa shape index (κ2) is 15.6. The van der Waals surface area contributed by atoms with E-state index in [2.05, 4.69) is 67.3 Å². The summed E-state index contributed by atoms with van der Waals surface area (Å²) in [5.74, 6) is 1.58. The van der Waals surface area contributed by atoms with Gasteiger partial charge in [-0.3, -0.25) is 19.6 Å². The van der Waals surface area contributed by atoms with Gasteiger partial charge in [0.15, 0.2) is 11.6 Å². The van der Waals surface area contributed by atoms with Crippen LogP contribution >= 0.6 is 0 Å². The number of hydrogen-bond donors (Lipinski definition) is 6. The van der Waals surface area contributed by atoms with Crippen molar-refractivity contribution in [2.45, 2.75) is 97.2 Å². The first-order chi connectivity index (χ1) is 22.4. The largest absolute Gasteiger partial charge is 0.368 e. The van der Waals surface area contributed by atoms with E-state index < -0.39 is 11.1 Å². The number of carbonyl (C=O) groups excluding carboxylic acids is 2. The SMILES string of the molecule is CCCC[C@](C)(CNC(C)=O)Nc1nc(NC(C)CCC[C@](C)(CNC(C)=O)Nc2nc(N)nc3cccnc23)nc2cccnc12. The Hall–Kier alpha value is -4.88. The van der Waals surface area contributed by atoms with Gasteiger partial charge in [-0.1, -0.05) is 19.8 Å². The maximum atomic E-state index is 11.9. The van der Waals surface area contributed by atoms with Gasteiger partial charge in [-0.25, -0.2) is 9.97 Å². The molecular formula is C33H48N12O2. The maximum Gasteiger partial charge on any atom is 0.225 e. The highest BCUT2D eigenvalue weighted by Gasteiger charge is 2.28. The van der Waals surface area contributed by atoms with Crippen molar-refractivity contribution < 1.29 is 9.59 Å².